The number of rotatable bonds is 5. The Bertz CT molecular complexity index is 1100. The number of alkyl halides is 3. The maximum atomic E-state index is 13.1. The van der Waals surface area contributed by atoms with Crippen molar-refractivity contribution in [2.75, 3.05) is 23.3 Å². The highest BCUT2D eigenvalue weighted by Crippen LogP contribution is 2.30. The van der Waals surface area contributed by atoms with Crippen LogP contribution >= 0.6 is 0 Å². The van der Waals surface area contributed by atoms with Crippen molar-refractivity contribution in [2.24, 2.45) is 0 Å². The monoisotopic (exact) mass is 443 g/mol. The number of aromatic nitrogens is 3. The van der Waals surface area contributed by atoms with Gasteiger partial charge in [0.2, 0.25) is 0 Å². The predicted octanol–water partition coefficient (Wildman–Crippen LogP) is 5.26. The molecule has 1 aromatic carbocycles. The van der Waals surface area contributed by atoms with Crippen molar-refractivity contribution in [3.8, 4) is 5.82 Å². The molecule has 1 N–H and O–H groups in total. The molecule has 0 unspecified atom stereocenters. The second-order valence-corrected chi connectivity index (χ2v) is 8.11. The summed E-state index contributed by atoms with van der Waals surface area (Å²) >= 11 is 0. The van der Waals surface area contributed by atoms with Crippen LogP contribution in [0.1, 0.15) is 54.2 Å². The molecule has 1 amide bonds. The number of nitrogens with zero attached hydrogens (tertiary/aromatic N) is 4. The minimum atomic E-state index is -4.47. The highest BCUT2D eigenvalue weighted by atomic mass is 19.4. The van der Waals surface area contributed by atoms with Gasteiger partial charge in [-0.25, -0.2) is 9.67 Å². The van der Waals surface area contributed by atoms with E-state index >= 15 is 0 Å². The van der Waals surface area contributed by atoms with Gasteiger partial charge in [0.15, 0.2) is 5.82 Å². The van der Waals surface area contributed by atoms with Gasteiger partial charge in [0.1, 0.15) is 0 Å². The number of amides is 1. The Morgan fingerprint density at radius 3 is 2.47 bits per heavy atom. The maximum Gasteiger partial charge on any atom is 0.417 e. The number of halogens is 3. The molecule has 1 saturated heterocycles. The molecule has 168 valence electrons. The SMILES string of the molecule is CC(C)c1c(C(=O)Nc2cccc(N3CCCC3)c2)cnn1-c1ccc(C(F)(F)F)cn1. The minimum absolute atomic E-state index is 0.113. The summed E-state index contributed by atoms with van der Waals surface area (Å²) in [7, 11) is 0. The lowest BCUT2D eigenvalue weighted by atomic mass is 10.1. The van der Waals surface area contributed by atoms with Crippen LogP contribution in [0.5, 0.6) is 0 Å². The lowest BCUT2D eigenvalue weighted by Crippen LogP contribution is -2.19. The Labute approximate surface area is 184 Å². The Morgan fingerprint density at radius 1 is 1.09 bits per heavy atom. The number of carbonyl (C=O) groups excluding carboxylic acids is 1. The average Bonchev–Trinajstić information content (AvgIpc) is 3.44. The van der Waals surface area contributed by atoms with Crippen LogP contribution in [0.3, 0.4) is 0 Å². The van der Waals surface area contributed by atoms with Gasteiger partial charge in [0.05, 0.1) is 23.0 Å². The van der Waals surface area contributed by atoms with E-state index in [-0.39, 0.29) is 17.6 Å². The van der Waals surface area contributed by atoms with Gasteiger partial charge in [-0.1, -0.05) is 19.9 Å². The molecule has 3 heterocycles. The smallest absolute Gasteiger partial charge is 0.371 e. The maximum absolute atomic E-state index is 13.1. The molecule has 1 aliphatic heterocycles. The molecule has 6 nitrogen and oxygen atoms in total. The molecule has 1 fully saturated rings. The van der Waals surface area contributed by atoms with E-state index in [1.807, 2.05) is 38.1 Å². The average molecular weight is 443 g/mol. The van der Waals surface area contributed by atoms with Gasteiger partial charge in [0.25, 0.3) is 5.91 Å². The third kappa shape index (κ3) is 4.46. The molecule has 0 atom stereocenters. The van der Waals surface area contributed by atoms with E-state index in [1.165, 1.54) is 16.9 Å². The molecule has 0 aliphatic carbocycles. The fourth-order valence-electron chi connectivity index (χ4n) is 3.90. The third-order valence-electron chi connectivity index (χ3n) is 5.47. The fraction of sp³-hybridized carbons (Fsp3) is 0.348. The molecule has 0 bridgehead atoms. The molecule has 9 heteroatoms. The van der Waals surface area contributed by atoms with Crippen LogP contribution < -0.4 is 10.2 Å². The predicted molar refractivity (Wildman–Crippen MR) is 116 cm³/mol. The second-order valence-electron chi connectivity index (χ2n) is 8.11. The van der Waals surface area contributed by atoms with E-state index in [0.29, 0.717) is 16.9 Å². The van der Waals surface area contributed by atoms with E-state index in [1.54, 1.807) is 0 Å². The normalized spacial score (nSPS) is 14.2. The number of benzene rings is 1. The largest absolute Gasteiger partial charge is 0.417 e. The first kappa shape index (κ1) is 21.9. The van der Waals surface area contributed by atoms with Crippen LogP contribution in [0, 0.1) is 0 Å². The van der Waals surface area contributed by atoms with Crippen molar-refractivity contribution in [1.29, 1.82) is 0 Å². The van der Waals surface area contributed by atoms with Crippen molar-refractivity contribution in [3.05, 3.63) is 65.6 Å². The van der Waals surface area contributed by atoms with Gasteiger partial charge in [0, 0.05) is 30.7 Å². The summed E-state index contributed by atoms with van der Waals surface area (Å²) in [5.74, 6) is -0.222. The summed E-state index contributed by atoms with van der Waals surface area (Å²) in [4.78, 5) is 19.3. The van der Waals surface area contributed by atoms with Gasteiger partial charge >= 0.3 is 6.18 Å². The summed E-state index contributed by atoms with van der Waals surface area (Å²) in [5.41, 5.74) is 1.83. The molecule has 32 heavy (non-hydrogen) atoms. The van der Waals surface area contributed by atoms with Gasteiger partial charge in [-0.3, -0.25) is 4.79 Å². The van der Waals surface area contributed by atoms with Crippen LogP contribution in [0.4, 0.5) is 24.5 Å². The van der Waals surface area contributed by atoms with Gasteiger partial charge in [-0.05, 0) is 49.1 Å². The first-order valence-electron chi connectivity index (χ1n) is 10.5. The number of hydrogen-bond acceptors (Lipinski definition) is 4. The van der Waals surface area contributed by atoms with Gasteiger partial charge in [-0.2, -0.15) is 18.3 Å². The number of pyridine rings is 1. The van der Waals surface area contributed by atoms with Crippen LogP contribution in [0.25, 0.3) is 5.82 Å². The number of hydrogen-bond donors (Lipinski definition) is 1. The second kappa shape index (κ2) is 8.64. The van der Waals surface area contributed by atoms with Crippen molar-refractivity contribution in [3.63, 3.8) is 0 Å². The van der Waals surface area contributed by atoms with Crippen LogP contribution in [0.2, 0.25) is 0 Å². The Hall–Kier alpha value is -3.36. The Balaban J connectivity index is 1.60. The van der Waals surface area contributed by atoms with Crippen molar-refractivity contribution >= 4 is 17.3 Å². The van der Waals surface area contributed by atoms with Crippen molar-refractivity contribution < 1.29 is 18.0 Å². The van der Waals surface area contributed by atoms with Crippen LogP contribution in [0.15, 0.2) is 48.8 Å². The lowest BCUT2D eigenvalue weighted by Gasteiger charge is -2.18. The molecular weight excluding hydrogens is 419 g/mol. The molecular formula is C23H24F3N5O. The zero-order valence-corrected chi connectivity index (χ0v) is 17.9. The van der Waals surface area contributed by atoms with Gasteiger partial charge in [-0.15, -0.1) is 0 Å². The zero-order valence-electron chi connectivity index (χ0n) is 17.9. The van der Waals surface area contributed by atoms with Crippen LogP contribution in [-0.2, 0) is 6.18 Å². The van der Waals surface area contributed by atoms with Gasteiger partial charge < -0.3 is 10.2 Å². The quantitative estimate of drug-likeness (QED) is 0.584. The first-order valence-corrected chi connectivity index (χ1v) is 10.5. The molecule has 4 rings (SSSR count). The Morgan fingerprint density at radius 2 is 1.84 bits per heavy atom. The number of carbonyl (C=O) groups is 1. The summed E-state index contributed by atoms with van der Waals surface area (Å²) in [6.45, 7) is 5.79. The van der Waals surface area contributed by atoms with E-state index < -0.39 is 11.7 Å². The van der Waals surface area contributed by atoms with Crippen LogP contribution in [-0.4, -0.2) is 33.8 Å². The number of nitrogens with one attached hydrogen (secondary N) is 1. The van der Waals surface area contributed by atoms with E-state index in [0.717, 1.165) is 43.9 Å². The van der Waals surface area contributed by atoms with Crippen molar-refractivity contribution in [1.82, 2.24) is 14.8 Å². The molecule has 1 aliphatic rings. The third-order valence-corrected chi connectivity index (χ3v) is 5.47. The molecule has 3 aromatic rings. The lowest BCUT2D eigenvalue weighted by molar-refractivity contribution is -0.137. The van der Waals surface area contributed by atoms with E-state index in [9.17, 15) is 18.0 Å². The highest BCUT2D eigenvalue weighted by Gasteiger charge is 2.31. The van der Waals surface area contributed by atoms with Crippen molar-refractivity contribution in [2.45, 2.75) is 38.8 Å². The zero-order chi connectivity index (χ0) is 22.9. The topological polar surface area (TPSA) is 63.1 Å². The fourth-order valence-corrected chi connectivity index (χ4v) is 3.90. The molecule has 0 saturated carbocycles. The first-order chi connectivity index (χ1) is 15.2. The summed E-state index contributed by atoms with van der Waals surface area (Å²) < 4.78 is 40.0. The molecule has 0 radical (unpaired) electrons. The summed E-state index contributed by atoms with van der Waals surface area (Å²) in [5, 5.41) is 7.17. The van der Waals surface area contributed by atoms with E-state index in [4.69, 9.17) is 0 Å². The molecule has 2 aromatic heterocycles. The highest BCUT2D eigenvalue weighted by molar-refractivity contribution is 6.05. The number of anilines is 2. The minimum Gasteiger partial charge on any atom is -0.371 e. The summed E-state index contributed by atoms with van der Waals surface area (Å²) in [6, 6.07) is 9.91. The molecule has 0 spiro atoms. The summed E-state index contributed by atoms with van der Waals surface area (Å²) in [6.07, 6.45) is 0.0429. The standard InChI is InChI=1S/C23H24F3N5O/c1-15(2)21-19(14-28-31(21)20-9-8-16(13-27-20)23(24,25)26)22(32)29-17-6-5-7-18(12-17)30-10-3-4-11-30/h5-9,12-15H,3-4,10-11H2,1-2H3,(H,29,32). The Kier molecular flexibility index (Phi) is 5.90. The van der Waals surface area contributed by atoms with E-state index in [2.05, 4.69) is 20.3 Å².